The summed E-state index contributed by atoms with van der Waals surface area (Å²) in [5.41, 5.74) is 4.80. The Balaban J connectivity index is 1.52. The SMILES string of the molecule is CCCCOc1ccc([C@H]2/C(=C(\O)c3ccc4c(c3)C[C@H](C)O4)C(=O)C(=O)N2c2nc3c(C)cc(C)cc3s2)cc1OC. The predicted octanol–water partition coefficient (Wildman–Crippen LogP) is 7.05. The minimum Gasteiger partial charge on any atom is -0.507 e. The summed E-state index contributed by atoms with van der Waals surface area (Å²) in [5, 5.41) is 12.1. The van der Waals surface area contributed by atoms with Gasteiger partial charge in [-0.1, -0.05) is 36.8 Å². The average molecular weight is 599 g/mol. The monoisotopic (exact) mass is 598 g/mol. The lowest BCUT2D eigenvalue weighted by Crippen LogP contribution is -2.29. The van der Waals surface area contributed by atoms with Gasteiger partial charge in [0.15, 0.2) is 16.6 Å². The van der Waals surface area contributed by atoms with Gasteiger partial charge in [-0.15, -0.1) is 0 Å². The number of aliphatic hydroxyl groups excluding tert-OH is 1. The molecule has 2 aliphatic heterocycles. The zero-order valence-electron chi connectivity index (χ0n) is 24.9. The molecule has 1 N–H and O–H groups in total. The molecule has 0 radical (unpaired) electrons. The zero-order chi connectivity index (χ0) is 30.4. The molecule has 1 amide bonds. The lowest BCUT2D eigenvalue weighted by atomic mass is 9.94. The number of unbranched alkanes of at least 4 members (excludes halogenated alkanes) is 1. The van der Waals surface area contributed by atoms with Crippen LogP contribution in [0.25, 0.3) is 16.0 Å². The summed E-state index contributed by atoms with van der Waals surface area (Å²) in [7, 11) is 1.55. The molecule has 8 nitrogen and oxygen atoms in total. The first-order valence-electron chi connectivity index (χ1n) is 14.5. The number of fused-ring (bicyclic) bond motifs is 2. The van der Waals surface area contributed by atoms with Gasteiger partial charge in [0.2, 0.25) is 0 Å². The van der Waals surface area contributed by atoms with E-state index in [0.717, 1.165) is 45.5 Å². The van der Waals surface area contributed by atoms with Crippen LogP contribution in [0.4, 0.5) is 5.13 Å². The molecule has 3 heterocycles. The molecule has 222 valence electrons. The van der Waals surface area contributed by atoms with Crippen LogP contribution in [0.1, 0.15) is 60.5 Å². The molecule has 0 bridgehead atoms. The van der Waals surface area contributed by atoms with Crippen molar-refractivity contribution >= 4 is 44.1 Å². The third-order valence-corrected chi connectivity index (χ3v) is 8.90. The van der Waals surface area contributed by atoms with E-state index in [-0.39, 0.29) is 17.4 Å². The fourth-order valence-corrected chi connectivity index (χ4v) is 7.00. The average Bonchev–Trinajstić information content (AvgIpc) is 3.65. The molecule has 9 heteroatoms. The molecule has 0 unspecified atom stereocenters. The van der Waals surface area contributed by atoms with E-state index in [1.807, 2.05) is 45.0 Å². The van der Waals surface area contributed by atoms with Gasteiger partial charge < -0.3 is 19.3 Å². The Morgan fingerprint density at radius 3 is 2.70 bits per heavy atom. The summed E-state index contributed by atoms with van der Waals surface area (Å²) in [6.45, 7) is 8.60. The van der Waals surface area contributed by atoms with Crippen molar-refractivity contribution in [3.63, 3.8) is 0 Å². The molecule has 1 aromatic heterocycles. The number of ether oxygens (including phenoxy) is 3. The Kier molecular flexibility index (Phi) is 7.60. The molecule has 4 aromatic rings. The number of aromatic nitrogens is 1. The number of thiazole rings is 1. The first-order chi connectivity index (χ1) is 20.7. The summed E-state index contributed by atoms with van der Waals surface area (Å²) in [6, 6.07) is 13.8. The van der Waals surface area contributed by atoms with E-state index in [9.17, 15) is 14.7 Å². The molecule has 2 aliphatic rings. The normalized spacial score (nSPS) is 19.1. The molecule has 6 rings (SSSR count). The number of nitrogens with zero attached hydrogens (tertiary/aromatic N) is 2. The van der Waals surface area contributed by atoms with Gasteiger partial charge in [0, 0.05) is 12.0 Å². The molecule has 0 spiro atoms. The highest BCUT2D eigenvalue weighted by atomic mass is 32.1. The van der Waals surface area contributed by atoms with Gasteiger partial charge >= 0.3 is 5.91 Å². The van der Waals surface area contributed by atoms with Crippen molar-refractivity contribution in [2.24, 2.45) is 0 Å². The lowest BCUT2D eigenvalue weighted by molar-refractivity contribution is -0.132. The quantitative estimate of drug-likeness (QED) is 0.100. The number of methoxy groups -OCH3 is 1. The summed E-state index contributed by atoms with van der Waals surface area (Å²) in [4.78, 5) is 33.8. The number of amides is 1. The van der Waals surface area contributed by atoms with Gasteiger partial charge in [-0.2, -0.15) is 0 Å². The maximum Gasteiger partial charge on any atom is 0.301 e. The molecule has 1 saturated heterocycles. The highest BCUT2D eigenvalue weighted by Crippen LogP contribution is 2.46. The number of aryl methyl sites for hydroxylation is 2. The Bertz CT molecular complexity index is 1790. The molecular weight excluding hydrogens is 564 g/mol. The molecule has 0 saturated carbocycles. The first kappa shape index (κ1) is 28.7. The number of Topliss-reactive ketones (excluding diaryl/α,β-unsaturated/α-hetero) is 1. The number of hydrogen-bond donors (Lipinski definition) is 1. The highest BCUT2D eigenvalue weighted by Gasteiger charge is 2.48. The molecule has 2 atom stereocenters. The van der Waals surface area contributed by atoms with Crippen LogP contribution in [-0.4, -0.2) is 41.6 Å². The van der Waals surface area contributed by atoms with Crippen molar-refractivity contribution in [2.75, 3.05) is 18.6 Å². The number of benzene rings is 3. The third kappa shape index (κ3) is 5.12. The van der Waals surface area contributed by atoms with Gasteiger partial charge in [-0.05, 0) is 85.8 Å². The molecule has 43 heavy (non-hydrogen) atoms. The molecule has 1 fully saturated rings. The van der Waals surface area contributed by atoms with E-state index in [0.29, 0.717) is 40.8 Å². The van der Waals surface area contributed by atoms with E-state index >= 15 is 0 Å². The number of hydrogen-bond acceptors (Lipinski definition) is 8. The van der Waals surface area contributed by atoms with Crippen molar-refractivity contribution in [1.82, 2.24) is 4.98 Å². The molecule has 3 aromatic carbocycles. The van der Waals surface area contributed by atoms with Crippen molar-refractivity contribution in [2.45, 2.75) is 59.1 Å². The highest BCUT2D eigenvalue weighted by molar-refractivity contribution is 7.22. The Hall–Kier alpha value is -4.37. The number of anilines is 1. The maximum atomic E-state index is 13.8. The summed E-state index contributed by atoms with van der Waals surface area (Å²) in [6.07, 6.45) is 2.60. The first-order valence-corrected chi connectivity index (χ1v) is 15.3. The van der Waals surface area contributed by atoms with Crippen LogP contribution < -0.4 is 19.1 Å². The standard InChI is InChI=1S/C34H34N2O6S/c1-6-7-12-41-25-11-8-21(17-26(25)40-5)30-28(31(37)22-9-10-24-23(16-22)15-20(4)42-24)32(38)33(39)36(30)34-35-29-19(3)13-18(2)14-27(29)43-34/h8-11,13-14,16-17,20,30,37H,6-7,12,15H2,1-5H3/b31-28+/t20-,30-/m0/s1. The zero-order valence-corrected chi connectivity index (χ0v) is 25.7. The Labute approximate surface area is 254 Å². The van der Waals surface area contributed by atoms with Gasteiger partial charge in [0.1, 0.15) is 17.6 Å². The fraction of sp³-hybridized carbons (Fsp3) is 0.324. The van der Waals surface area contributed by atoms with E-state index in [1.54, 1.807) is 31.4 Å². The van der Waals surface area contributed by atoms with Crippen molar-refractivity contribution in [3.8, 4) is 17.2 Å². The van der Waals surface area contributed by atoms with Gasteiger partial charge in [0.25, 0.3) is 5.78 Å². The van der Waals surface area contributed by atoms with Crippen molar-refractivity contribution < 1.29 is 28.9 Å². The second-order valence-electron chi connectivity index (χ2n) is 11.2. The van der Waals surface area contributed by atoms with Crippen LogP contribution in [0.3, 0.4) is 0 Å². The smallest absolute Gasteiger partial charge is 0.301 e. The van der Waals surface area contributed by atoms with Crippen LogP contribution in [0.2, 0.25) is 0 Å². The van der Waals surface area contributed by atoms with Gasteiger partial charge in [-0.3, -0.25) is 14.5 Å². The van der Waals surface area contributed by atoms with Crippen LogP contribution in [-0.2, 0) is 16.0 Å². The number of aliphatic hydroxyl groups is 1. The third-order valence-electron chi connectivity index (χ3n) is 7.90. The largest absolute Gasteiger partial charge is 0.507 e. The van der Waals surface area contributed by atoms with Gasteiger partial charge in [0.05, 0.1) is 35.5 Å². The number of ketones is 1. The number of rotatable bonds is 8. The Morgan fingerprint density at radius 2 is 1.93 bits per heavy atom. The van der Waals surface area contributed by atoms with E-state index < -0.39 is 17.7 Å². The van der Waals surface area contributed by atoms with Crippen LogP contribution in [0.15, 0.2) is 54.1 Å². The Morgan fingerprint density at radius 1 is 1.12 bits per heavy atom. The number of carbonyl (C=O) groups excluding carboxylic acids is 2. The second-order valence-corrected chi connectivity index (χ2v) is 12.2. The summed E-state index contributed by atoms with van der Waals surface area (Å²) in [5.74, 6) is 0.0182. The van der Waals surface area contributed by atoms with E-state index in [2.05, 4.69) is 6.92 Å². The van der Waals surface area contributed by atoms with E-state index in [1.165, 1.54) is 16.2 Å². The fourth-order valence-electron chi connectivity index (χ4n) is 5.83. The summed E-state index contributed by atoms with van der Waals surface area (Å²) < 4.78 is 18.4. The van der Waals surface area contributed by atoms with Crippen LogP contribution >= 0.6 is 11.3 Å². The predicted molar refractivity (Wildman–Crippen MR) is 168 cm³/mol. The topological polar surface area (TPSA) is 98.2 Å². The van der Waals surface area contributed by atoms with Crippen LogP contribution in [0, 0.1) is 13.8 Å². The van der Waals surface area contributed by atoms with Crippen molar-refractivity contribution in [1.29, 1.82) is 0 Å². The lowest BCUT2D eigenvalue weighted by Gasteiger charge is -2.24. The molecule has 0 aliphatic carbocycles. The van der Waals surface area contributed by atoms with Gasteiger partial charge in [-0.25, -0.2) is 4.98 Å². The number of carbonyl (C=O) groups is 2. The summed E-state index contributed by atoms with van der Waals surface area (Å²) >= 11 is 1.34. The minimum absolute atomic E-state index is 0.00854. The maximum absolute atomic E-state index is 13.8. The molecular formula is C34H34N2O6S. The minimum atomic E-state index is -0.941. The van der Waals surface area contributed by atoms with Crippen LogP contribution in [0.5, 0.6) is 17.2 Å². The van der Waals surface area contributed by atoms with Crippen molar-refractivity contribution in [3.05, 3.63) is 81.9 Å². The van der Waals surface area contributed by atoms with E-state index in [4.69, 9.17) is 19.2 Å². The second kappa shape index (κ2) is 11.4.